The number of morpholine rings is 1. The van der Waals surface area contributed by atoms with Gasteiger partial charge in [-0.1, -0.05) is 23.2 Å². The average Bonchev–Trinajstić information content (AvgIpc) is 2.94. The Bertz CT molecular complexity index is 1490. The van der Waals surface area contributed by atoms with Gasteiger partial charge in [-0.2, -0.15) is 0 Å². The summed E-state index contributed by atoms with van der Waals surface area (Å²) in [6, 6.07) is 14.2. The first-order valence-corrected chi connectivity index (χ1v) is 14.1. The number of nitrogens with zero attached hydrogens (tertiary/aromatic N) is 1. The van der Waals surface area contributed by atoms with Crippen LogP contribution in [0, 0.1) is 0 Å². The summed E-state index contributed by atoms with van der Waals surface area (Å²) < 4.78 is 45.0. The van der Waals surface area contributed by atoms with E-state index in [1.165, 1.54) is 37.5 Å². The smallest absolute Gasteiger partial charge is 0.262 e. The van der Waals surface area contributed by atoms with Gasteiger partial charge in [0.05, 0.1) is 54.4 Å². The zero-order valence-electron chi connectivity index (χ0n) is 21.2. The summed E-state index contributed by atoms with van der Waals surface area (Å²) in [4.78, 5) is 15.0. The second-order valence-electron chi connectivity index (χ2n) is 8.44. The predicted molar refractivity (Wildman–Crippen MR) is 154 cm³/mol. The lowest BCUT2D eigenvalue weighted by Crippen LogP contribution is -2.36. The van der Waals surface area contributed by atoms with Gasteiger partial charge in [-0.3, -0.25) is 9.52 Å². The molecule has 1 aliphatic rings. The van der Waals surface area contributed by atoms with Gasteiger partial charge in [0.15, 0.2) is 0 Å². The van der Waals surface area contributed by atoms with Crippen LogP contribution in [0.2, 0.25) is 10.0 Å². The number of amides is 1. The highest BCUT2D eigenvalue weighted by Gasteiger charge is 2.22. The fourth-order valence-corrected chi connectivity index (χ4v) is 5.44. The van der Waals surface area contributed by atoms with E-state index >= 15 is 0 Å². The summed E-state index contributed by atoms with van der Waals surface area (Å²) in [7, 11) is -0.987. The van der Waals surface area contributed by atoms with Crippen molar-refractivity contribution >= 4 is 62.3 Å². The average molecular weight is 593 g/mol. The molecule has 1 amide bonds. The molecule has 4 rings (SSSR count). The molecule has 3 aromatic rings. The van der Waals surface area contributed by atoms with Crippen molar-refractivity contribution in [2.45, 2.75) is 4.90 Å². The Balaban J connectivity index is 1.64. The Hall–Kier alpha value is -3.44. The van der Waals surface area contributed by atoms with E-state index < -0.39 is 15.9 Å². The molecular formula is C27H27Cl2N3O6S. The third-order valence-corrected chi connectivity index (χ3v) is 7.84. The molecule has 9 nitrogen and oxygen atoms in total. The van der Waals surface area contributed by atoms with E-state index in [9.17, 15) is 13.2 Å². The second-order valence-corrected chi connectivity index (χ2v) is 11.0. The maximum Gasteiger partial charge on any atom is 0.262 e. The molecular weight excluding hydrogens is 565 g/mol. The first-order chi connectivity index (χ1) is 18.7. The minimum atomic E-state index is -4.07. The lowest BCUT2D eigenvalue weighted by atomic mass is 10.1. The van der Waals surface area contributed by atoms with E-state index in [1.807, 2.05) is 4.90 Å². The number of carbonyl (C=O) groups is 1. The van der Waals surface area contributed by atoms with Crippen LogP contribution in [0.5, 0.6) is 11.5 Å². The number of methoxy groups -OCH3 is 2. The quantitative estimate of drug-likeness (QED) is 0.325. The molecule has 0 bridgehead atoms. The van der Waals surface area contributed by atoms with Crippen LogP contribution < -0.4 is 24.4 Å². The van der Waals surface area contributed by atoms with E-state index in [0.29, 0.717) is 59.8 Å². The van der Waals surface area contributed by atoms with E-state index in [2.05, 4.69) is 10.0 Å². The van der Waals surface area contributed by atoms with Crippen molar-refractivity contribution in [3.8, 4) is 11.5 Å². The molecule has 39 heavy (non-hydrogen) atoms. The Morgan fingerprint density at radius 2 is 1.74 bits per heavy atom. The van der Waals surface area contributed by atoms with Crippen molar-refractivity contribution < 1.29 is 27.4 Å². The molecule has 1 heterocycles. The highest BCUT2D eigenvalue weighted by atomic mass is 35.5. The Morgan fingerprint density at radius 1 is 0.974 bits per heavy atom. The fraction of sp³-hybridized carbons (Fsp3) is 0.222. The summed E-state index contributed by atoms with van der Waals surface area (Å²) in [6.07, 6.45) is 2.93. The van der Waals surface area contributed by atoms with Crippen molar-refractivity contribution in [1.29, 1.82) is 0 Å². The molecule has 0 aromatic heterocycles. The molecule has 0 atom stereocenters. The number of benzene rings is 3. The van der Waals surface area contributed by atoms with Crippen LogP contribution in [-0.2, 0) is 19.6 Å². The summed E-state index contributed by atoms with van der Waals surface area (Å²) in [5.74, 6) is 0.707. The minimum Gasteiger partial charge on any atom is -0.497 e. The number of hydrogen-bond donors (Lipinski definition) is 2. The molecule has 206 valence electrons. The van der Waals surface area contributed by atoms with E-state index in [4.69, 9.17) is 37.4 Å². The van der Waals surface area contributed by atoms with Gasteiger partial charge in [0.25, 0.3) is 10.0 Å². The molecule has 12 heteroatoms. The van der Waals surface area contributed by atoms with Gasteiger partial charge < -0.3 is 24.4 Å². The molecule has 1 fully saturated rings. The number of carbonyl (C=O) groups excluding carboxylic acids is 1. The second kappa shape index (κ2) is 12.6. The van der Waals surface area contributed by atoms with Crippen LogP contribution >= 0.6 is 23.2 Å². The van der Waals surface area contributed by atoms with Crippen molar-refractivity contribution in [3.63, 3.8) is 0 Å². The van der Waals surface area contributed by atoms with Crippen LogP contribution in [0.4, 0.5) is 17.1 Å². The van der Waals surface area contributed by atoms with E-state index in [1.54, 1.807) is 43.5 Å². The molecule has 1 saturated heterocycles. The highest BCUT2D eigenvalue weighted by Crippen LogP contribution is 2.33. The number of nitrogens with one attached hydrogen (secondary N) is 2. The van der Waals surface area contributed by atoms with Gasteiger partial charge in [0.1, 0.15) is 11.5 Å². The van der Waals surface area contributed by atoms with Crippen molar-refractivity contribution in [3.05, 3.63) is 76.3 Å². The number of halogens is 2. The van der Waals surface area contributed by atoms with Crippen molar-refractivity contribution in [1.82, 2.24) is 0 Å². The molecule has 0 saturated carbocycles. The SMILES string of the molecule is COc1ccc(OC)c(/C=C/C(=O)Nc2cc(S(=O)(=O)Nc3cc(Cl)ccc3Cl)ccc2N2CCOCC2)c1. The monoisotopic (exact) mass is 591 g/mol. The standard InChI is InChI=1S/C27H27Cl2N3O6S/c1-36-20-5-9-26(37-2)18(15-20)3-10-27(33)30-24-17-21(6-8-25(24)32-11-13-38-14-12-32)39(34,35)31-23-16-19(28)4-7-22(23)29/h3-10,15-17,31H,11-14H2,1-2H3,(H,30,33)/b10-3+. The van der Waals surface area contributed by atoms with Crippen molar-refractivity contribution in [2.75, 3.05) is 55.5 Å². The normalized spacial score (nSPS) is 13.8. The van der Waals surface area contributed by atoms with Crippen LogP contribution in [-0.4, -0.2) is 54.8 Å². The lowest BCUT2D eigenvalue weighted by Gasteiger charge is -2.30. The van der Waals surface area contributed by atoms with Gasteiger partial charge >= 0.3 is 0 Å². The van der Waals surface area contributed by atoms with Gasteiger partial charge in [0, 0.05) is 29.8 Å². The first kappa shape index (κ1) is 28.6. The molecule has 0 aliphatic carbocycles. The first-order valence-electron chi connectivity index (χ1n) is 11.9. The third-order valence-electron chi connectivity index (χ3n) is 5.91. The van der Waals surface area contributed by atoms with E-state index in [0.717, 1.165) is 0 Å². The molecule has 2 N–H and O–H groups in total. The number of anilines is 3. The number of hydrogen-bond acceptors (Lipinski definition) is 7. The summed E-state index contributed by atoms with van der Waals surface area (Å²) in [6.45, 7) is 2.19. The van der Waals surface area contributed by atoms with Crippen LogP contribution in [0.15, 0.2) is 65.6 Å². The van der Waals surface area contributed by atoms with Gasteiger partial charge in [-0.15, -0.1) is 0 Å². The Kier molecular flexibility index (Phi) is 9.24. The Morgan fingerprint density at radius 3 is 2.46 bits per heavy atom. The highest BCUT2D eigenvalue weighted by molar-refractivity contribution is 7.92. The molecule has 0 unspecified atom stereocenters. The predicted octanol–water partition coefficient (Wildman–Crippen LogP) is 5.30. The van der Waals surface area contributed by atoms with Crippen LogP contribution in [0.3, 0.4) is 0 Å². The molecule has 0 spiro atoms. The van der Waals surface area contributed by atoms with Gasteiger partial charge in [0.2, 0.25) is 5.91 Å². The number of ether oxygens (including phenoxy) is 3. The van der Waals surface area contributed by atoms with E-state index in [-0.39, 0.29) is 15.6 Å². The lowest BCUT2D eigenvalue weighted by molar-refractivity contribution is -0.111. The maximum atomic E-state index is 13.2. The largest absolute Gasteiger partial charge is 0.497 e. The molecule has 1 aliphatic heterocycles. The molecule has 0 radical (unpaired) electrons. The maximum absolute atomic E-state index is 13.2. The molecule has 3 aromatic carbocycles. The van der Waals surface area contributed by atoms with Crippen molar-refractivity contribution in [2.24, 2.45) is 0 Å². The van der Waals surface area contributed by atoms with Gasteiger partial charge in [-0.05, 0) is 60.7 Å². The minimum absolute atomic E-state index is 0.0655. The summed E-state index contributed by atoms with van der Waals surface area (Å²) in [5, 5.41) is 3.34. The zero-order chi connectivity index (χ0) is 28.0. The topological polar surface area (TPSA) is 106 Å². The summed E-state index contributed by atoms with van der Waals surface area (Å²) in [5.41, 5.74) is 1.77. The Labute approximate surface area is 237 Å². The van der Waals surface area contributed by atoms with Gasteiger partial charge in [-0.25, -0.2) is 8.42 Å². The summed E-state index contributed by atoms with van der Waals surface area (Å²) >= 11 is 12.2. The zero-order valence-corrected chi connectivity index (χ0v) is 23.6. The number of sulfonamides is 1. The third kappa shape index (κ3) is 7.15. The fourth-order valence-electron chi connectivity index (χ4n) is 3.95. The van der Waals surface area contributed by atoms with Crippen LogP contribution in [0.1, 0.15) is 5.56 Å². The number of rotatable bonds is 9. The van der Waals surface area contributed by atoms with Crippen LogP contribution in [0.25, 0.3) is 6.08 Å².